The van der Waals surface area contributed by atoms with Crippen molar-refractivity contribution in [1.82, 2.24) is 24.8 Å². The molecule has 0 radical (unpaired) electrons. The smallest absolute Gasteiger partial charge is 0.342 e. The summed E-state index contributed by atoms with van der Waals surface area (Å²) in [6.07, 6.45) is -2.19. The number of carbonyl (C=O) groups excluding carboxylic acids is 1. The third-order valence-corrected chi connectivity index (χ3v) is 5.93. The lowest BCUT2D eigenvalue weighted by Crippen LogP contribution is -2.39. The number of fused-ring (bicyclic) bond motifs is 1. The summed E-state index contributed by atoms with van der Waals surface area (Å²) >= 11 is 0. The van der Waals surface area contributed by atoms with Gasteiger partial charge >= 0.3 is 6.18 Å². The molecule has 0 saturated carbocycles. The lowest BCUT2D eigenvalue weighted by molar-refractivity contribution is -0.136. The van der Waals surface area contributed by atoms with Crippen molar-refractivity contribution in [3.05, 3.63) is 40.5 Å². The van der Waals surface area contributed by atoms with Gasteiger partial charge in [0.1, 0.15) is 0 Å². The number of aryl methyl sites for hydroxylation is 4. The highest BCUT2D eigenvalue weighted by Crippen LogP contribution is 2.40. The Morgan fingerprint density at radius 2 is 2.00 bits per heavy atom. The maximum absolute atomic E-state index is 13.7. The summed E-state index contributed by atoms with van der Waals surface area (Å²) in [6, 6.07) is 3.01. The quantitative estimate of drug-likeness (QED) is 0.571. The topological polar surface area (TPSA) is 77.0 Å². The van der Waals surface area contributed by atoms with Crippen molar-refractivity contribution in [2.75, 3.05) is 13.1 Å². The summed E-state index contributed by atoms with van der Waals surface area (Å²) in [5, 5.41) is 8.27. The van der Waals surface area contributed by atoms with Crippen LogP contribution in [-0.4, -0.2) is 43.8 Å². The molecule has 1 unspecified atom stereocenters. The maximum Gasteiger partial charge on any atom is 0.417 e. The molecule has 1 atom stereocenters. The van der Waals surface area contributed by atoms with Crippen molar-refractivity contribution in [3.63, 3.8) is 0 Å². The maximum atomic E-state index is 13.7. The fourth-order valence-electron chi connectivity index (χ4n) is 4.46. The van der Waals surface area contributed by atoms with E-state index in [2.05, 4.69) is 15.2 Å². The number of pyridine rings is 1. The average molecular weight is 449 g/mol. The Labute approximate surface area is 183 Å². The van der Waals surface area contributed by atoms with Crippen LogP contribution < -0.4 is 0 Å². The number of carbonyl (C=O) groups is 1. The van der Waals surface area contributed by atoms with Crippen LogP contribution in [-0.2, 0) is 17.5 Å². The summed E-state index contributed by atoms with van der Waals surface area (Å²) in [5.41, 5.74) is 1.55. The predicted octanol–water partition coefficient (Wildman–Crippen LogP) is 4.55. The molecule has 0 aromatic carbocycles. The van der Waals surface area contributed by atoms with Crippen LogP contribution in [0.15, 0.2) is 16.7 Å². The zero-order valence-corrected chi connectivity index (χ0v) is 18.4. The molecule has 0 aliphatic carbocycles. The molecule has 1 fully saturated rings. The van der Waals surface area contributed by atoms with Gasteiger partial charge in [-0.3, -0.25) is 9.48 Å². The number of amides is 1. The first-order valence-corrected chi connectivity index (χ1v) is 10.8. The minimum atomic E-state index is -4.54. The second-order valence-corrected chi connectivity index (χ2v) is 8.49. The number of hydrogen-bond donors (Lipinski definition) is 0. The fourth-order valence-corrected chi connectivity index (χ4v) is 4.46. The van der Waals surface area contributed by atoms with Gasteiger partial charge in [0.15, 0.2) is 0 Å². The number of rotatable bonds is 5. The fraction of sp³-hybridized carbons (Fsp3) is 0.545. The number of hydrogen-bond acceptors (Lipinski definition) is 5. The molecule has 3 aromatic rings. The van der Waals surface area contributed by atoms with E-state index >= 15 is 0 Å². The molecule has 172 valence electrons. The number of piperidine rings is 1. The molecule has 1 aliphatic heterocycles. The molecule has 10 heteroatoms. The lowest BCUT2D eigenvalue weighted by Gasteiger charge is -2.32. The Morgan fingerprint density at radius 3 is 2.69 bits per heavy atom. The third-order valence-electron chi connectivity index (χ3n) is 5.93. The molecule has 4 rings (SSSR count). The van der Waals surface area contributed by atoms with Crippen molar-refractivity contribution < 1.29 is 22.5 Å². The van der Waals surface area contributed by atoms with Gasteiger partial charge in [-0.15, -0.1) is 0 Å². The van der Waals surface area contributed by atoms with Crippen LogP contribution in [0.3, 0.4) is 0 Å². The van der Waals surface area contributed by atoms with Crippen molar-refractivity contribution in [1.29, 1.82) is 0 Å². The van der Waals surface area contributed by atoms with Crippen molar-refractivity contribution in [2.45, 2.75) is 65.1 Å². The third kappa shape index (κ3) is 4.49. The van der Waals surface area contributed by atoms with Gasteiger partial charge in [0.05, 0.1) is 22.3 Å². The molecule has 7 nitrogen and oxygen atoms in total. The van der Waals surface area contributed by atoms with E-state index in [0.717, 1.165) is 17.5 Å². The van der Waals surface area contributed by atoms with Gasteiger partial charge in [-0.25, -0.2) is 4.98 Å². The van der Waals surface area contributed by atoms with Gasteiger partial charge in [0, 0.05) is 43.4 Å². The highest BCUT2D eigenvalue weighted by molar-refractivity contribution is 5.82. The van der Waals surface area contributed by atoms with Crippen LogP contribution >= 0.6 is 0 Å². The van der Waals surface area contributed by atoms with E-state index in [0.29, 0.717) is 45.3 Å². The summed E-state index contributed by atoms with van der Waals surface area (Å²) < 4.78 is 48.1. The van der Waals surface area contributed by atoms with Crippen molar-refractivity contribution in [3.8, 4) is 0 Å². The minimum absolute atomic E-state index is 0.00551. The molecule has 0 bridgehead atoms. The van der Waals surface area contributed by atoms with Crippen molar-refractivity contribution >= 4 is 17.0 Å². The van der Waals surface area contributed by atoms with Gasteiger partial charge < -0.3 is 9.42 Å². The largest absolute Gasteiger partial charge is 0.417 e. The van der Waals surface area contributed by atoms with E-state index in [1.54, 1.807) is 4.90 Å². The highest BCUT2D eigenvalue weighted by Gasteiger charge is 2.38. The number of nitrogens with zero attached hydrogens (tertiary/aromatic N) is 5. The molecule has 32 heavy (non-hydrogen) atoms. The highest BCUT2D eigenvalue weighted by atomic mass is 19.4. The molecular formula is C22H26F3N5O2. The van der Waals surface area contributed by atoms with Gasteiger partial charge in [-0.1, -0.05) is 5.16 Å². The first-order chi connectivity index (χ1) is 15.1. The molecule has 0 N–H and O–H groups in total. The molecular weight excluding hydrogens is 423 g/mol. The van der Waals surface area contributed by atoms with Gasteiger partial charge in [-0.2, -0.15) is 18.3 Å². The van der Waals surface area contributed by atoms with E-state index in [-0.39, 0.29) is 34.3 Å². The van der Waals surface area contributed by atoms with Gasteiger partial charge in [0.25, 0.3) is 5.71 Å². The Hall–Kier alpha value is -2.91. The van der Waals surface area contributed by atoms with E-state index in [9.17, 15) is 18.0 Å². The van der Waals surface area contributed by atoms with E-state index in [1.807, 2.05) is 24.6 Å². The van der Waals surface area contributed by atoms with Gasteiger partial charge in [-0.05, 0) is 52.2 Å². The first-order valence-electron chi connectivity index (χ1n) is 10.8. The second-order valence-electron chi connectivity index (χ2n) is 8.49. The van der Waals surface area contributed by atoms with Crippen LogP contribution in [0.5, 0.6) is 0 Å². The van der Waals surface area contributed by atoms with Crippen molar-refractivity contribution in [2.24, 2.45) is 0 Å². The zero-order valence-electron chi connectivity index (χ0n) is 18.4. The molecule has 0 spiro atoms. The molecule has 4 heterocycles. The Balaban J connectivity index is 1.47. The Morgan fingerprint density at radius 1 is 1.22 bits per heavy atom. The second kappa shape index (κ2) is 8.55. The zero-order chi connectivity index (χ0) is 23.0. The summed E-state index contributed by atoms with van der Waals surface area (Å²) in [5.74, 6) is -0.329. The minimum Gasteiger partial charge on any atom is -0.342 e. The number of aromatic nitrogens is 4. The predicted molar refractivity (Wildman–Crippen MR) is 111 cm³/mol. The van der Waals surface area contributed by atoms with Crippen LogP contribution in [0.25, 0.3) is 11.1 Å². The normalized spacial score (nSPS) is 17.3. The SMILES string of the molecule is Cc1cc(C(F)(F)F)c2c(C3CCCN(C(=O)CCCn4nc(C)cc4C)C3)noc2n1. The summed E-state index contributed by atoms with van der Waals surface area (Å²) in [6.45, 7) is 6.96. The summed E-state index contributed by atoms with van der Waals surface area (Å²) in [7, 11) is 0. The van der Waals surface area contributed by atoms with Crippen LogP contribution in [0.1, 0.15) is 59.9 Å². The molecule has 1 aliphatic rings. The van der Waals surface area contributed by atoms with E-state index in [1.165, 1.54) is 6.92 Å². The van der Waals surface area contributed by atoms with Crippen LogP contribution in [0.2, 0.25) is 0 Å². The van der Waals surface area contributed by atoms with Crippen LogP contribution in [0, 0.1) is 20.8 Å². The molecule has 3 aromatic heterocycles. The molecule has 1 saturated heterocycles. The Kier molecular flexibility index (Phi) is 5.96. The molecule has 1 amide bonds. The number of likely N-dealkylation sites (tertiary alicyclic amines) is 1. The Bertz CT molecular complexity index is 1130. The standard InChI is InChI=1S/C22H26F3N5O2/c1-13-11-17(22(23,24)25)19-20(28-32-21(19)26-13)16-6-4-8-29(12-16)18(31)7-5-9-30-15(3)10-14(2)27-30/h10-11,16H,4-9,12H2,1-3H3. The average Bonchev–Trinajstić information content (AvgIpc) is 3.29. The lowest BCUT2D eigenvalue weighted by atomic mass is 9.91. The van der Waals surface area contributed by atoms with E-state index in [4.69, 9.17) is 4.52 Å². The van der Waals surface area contributed by atoms with E-state index < -0.39 is 11.7 Å². The first kappa shape index (κ1) is 22.3. The van der Waals surface area contributed by atoms with Gasteiger partial charge in [0.2, 0.25) is 5.91 Å². The number of halogens is 3. The van der Waals surface area contributed by atoms with Crippen LogP contribution in [0.4, 0.5) is 13.2 Å². The monoisotopic (exact) mass is 449 g/mol. The number of alkyl halides is 3. The summed E-state index contributed by atoms with van der Waals surface area (Å²) in [4.78, 5) is 18.6.